The number of furan rings is 1. The molecule has 0 fully saturated rings. The molecule has 0 bridgehead atoms. The highest BCUT2D eigenvalue weighted by Gasteiger charge is 2.18. The molecule has 132 valence electrons. The van der Waals surface area contributed by atoms with Gasteiger partial charge in [0.25, 0.3) is 0 Å². The van der Waals surface area contributed by atoms with Crippen LogP contribution < -0.4 is 5.32 Å². The van der Waals surface area contributed by atoms with Gasteiger partial charge in [-0.15, -0.1) is 0 Å². The van der Waals surface area contributed by atoms with Crippen LogP contribution in [0.4, 0.5) is 5.69 Å². The third-order valence-electron chi connectivity index (χ3n) is 3.49. The second-order valence-corrected chi connectivity index (χ2v) is 6.04. The lowest BCUT2D eigenvalue weighted by molar-refractivity contribution is 0.136. The third-order valence-corrected chi connectivity index (χ3v) is 3.92. The molecule has 0 saturated carbocycles. The summed E-state index contributed by atoms with van der Waals surface area (Å²) in [4.78, 5) is 4.34. The molecule has 3 aromatic rings. The first-order valence-corrected chi connectivity index (χ1v) is 8.73. The second-order valence-electron chi connectivity index (χ2n) is 5.26. The topological polar surface area (TPSA) is 85.3 Å². The maximum Gasteiger partial charge on any atom is 0.184 e. The number of nitrogens with zero attached hydrogens (tertiary/aromatic N) is 3. The van der Waals surface area contributed by atoms with E-state index in [0.717, 1.165) is 0 Å². The molecule has 0 radical (unpaired) electrons. The Morgan fingerprint density at radius 2 is 2.24 bits per heavy atom. The van der Waals surface area contributed by atoms with Crippen LogP contribution in [0.5, 0.6) is 0 Å². The zero-order valence-corrected chi connectivity index (χ0v) is 15.3. The van der Waals surface area contributed by atoms with Crippen LogP contribution in [0.1, 0.15) is 18.9 Å². The van der Waals surface area contributed by atoms with Crippen LogP contribution in [0.3, 0.4) is 0 Å². The highest BCUT2D eigenvalue weighted by atomic mass is 79.9. The molecule has 1 unspecified atom stereocenters. The number of halogens is 1. The van der Waals surface area contributed by atoms with E-state index in [1.54, 1.807) is 23.0 Å². The fourth-order valence-corrected chi connectivity index (χ4v) is 2.65. The fourth-order valence-electron chi connectivity index (χ4n) is 2.33. The molecule has 7 nitrogen and oxygen atoms in total. The Kier molecular flexibility index (Phi) is 5.85. The van der Waals surface area contributed by atoms with E-state index in [9.17, 15) is 5.11 Å². The summed E-state index contributed by atoms with van der Waals surface area (Å²) < 4.78 is 13.1. The Morgan fingerprint density at radius 3 is 2.92 bits per heavy atom. The first kappa shape index (κ1) is 17.7. The summed E-state index contributed by atoms with van der Waals surface area (Å²) >= 11 is 3.23. The summed E-state index contributed by atoms with van der Waals surface area (Å²) in [7, 11) is 0. The predicted molar refractivity (Wildman–Crippen MR) is 96.9 cm³/mol. The van der Waals surface area contributed by atoms with Gasteiger partial charge in [-0.25, -0.2) is 0 Å². The van der Waals surface area contributed by atoms with Gasteiger partial charge in [0.15, 0.2) is 16.7 Å². The third kappa shape index (κ3) is 4.47. The van der Waals surface area contributed by atoms with Crippen LogP contribution >= 0.6 is 15.9 Å². The largest absolute Gasteiger partial charge is 0.450 e. The minimum atomic E-state index is -1.00. The lowest BCUT2D eigenvalue weighted by Gasteiger charge is -2.11. The monoisotopic (exact) mass is 406 g/mol. The standard InChI is InChI=1S/C17H19BrN4O3/c1-2-24-10-9-22-11-13(16(21-22)12-5-3-4-8-19-12)20-17(23)14-6-7-15(18)25-14/h3-8,11,17,20,23H,2,9-10H2,1H3. The molecule has 25 heavy (non-hydrogen) atoms. The van der Waals surface area contributed by atoms with Crippen LogP contribution in [0.2, 0.25) is 0 Å². The fraction of sp³-hybridized carbons (Fsp3) is 0.294. The van der Waals surface area contributed by atoms with Crippen LogP contribution in [-0.4, -0.2) is 33.1 Å². The number of aliphatic hydroxyl groups excluding tert-OH is 1. The number of aliphatic hydroxyl groups is 1. The number of anilines is 1. The van der Waals surface area contributed by atoms with Gasteiger partial charge in [-0.05, 0) is 47.1 Å². The Morgan fingerprint density at radius 1 is 1.36 bits per heavy atom. The number of ether oxygens (including phenoxy) is 1. The SMILES string of the molecule is CCOCCn1cc(NC(O)c2ccc(Br)o2)c(-c2ccccn2)n1. The van der Waals surface area contributed by atoms with Gasteiger partial charge >= 0.3 is 0 Å². The van der Waals surface area contributed by atoms with Crippen LogP contribution in [0.25, 0.3) is 11.4 Å². The molecule has 3 heterocycles. The molecule has 3 rings (SSSR count). The molecule has 2 N–H and O–H groups in total. The first-order valence-electron chi connectivity index (χ1n) is 7.94. The van der Waals surface area contributed by atoms with E-state index in [0.29, 0.717) is 47.3 Å². The summed E-state index contributed by atoms with van der Waals surface area (Å²) in [6, 6.07) is 9.03. The first-order chi connectivity index (χ1) is 12.2. The molecule has 8 heteroatoms. The van der Waals surface area contributed by atoms with E-state index in [1.807, 2.05) is 31.3 Å². The molecule has 0 aliphatic carbocycles. The Labute approximate surface area is 153 Å². The molecule has 0 amide bonds. The van der Waals surface area contributed by atoms with Gasteiger partial charge in [-0.1, -0.05) is 6.07 Å². The van der Waals surface area contributed by atoms with E-state index >= 15 is 0 Å². The summed E-state index contributed by atoms with van der Waals surface area (Å²) in [5.74, 6) is 0.404. The number of nitrogens with one attached hydrogen (secondary N) is 1. The lowest BCUT2D eigenvalue weighted by atomic mass is 10.2. The molecule has 0 spiro atoms. The van der Waals surface area contributed by atoms with Crippen molar-refractivity contribution in [1.29, 1.82) is 0 Å². The van der Waals surface area contributed by atoms with Gasteiger partial charge in [-0.3, -0.25) is 9.67 Å². The van der Waals surface area contributed by atoms with E-state index in [1.165, 1.54) is 0 Å². The second kappa shape index (κ2) is 8.28. The predicted octanol–water partition coefficient (Wildman–Crippen LogP) is 3.44. The van der Waals surface area contributed by atoms with E-state index < -0.39 is 6.23 Å². The van der Waals surface area contributed by atoms with Crippen molar-refractivity contribution in [3.8, 4) is 11.4 Å². The van der Waals surface area contributed by atoms with Crippen molar-refractivity contribution >= 4 is 21.6 Å². The number of pyridine rings is 1. The van der Waals surface area contributed by atoms with Gasteiger partial charge in [0.05, 0.1) is 24.5 Å². The molecule has 0 aliphatic rings. The average molecular weight is 407 g/mol. The lowest BCUT2D eigenvalue weighted by Crippen LogP contribution is -2.09. The number of rotatable bonds is 8. The zero-order chi connectivity index (χ0) is 17.6. The van der Waals surface area contributed by atoms with Gasteiger partial charge in [0.1, 0.15) is 5.69 Å². The maximum atomic E-state index is 10.4. The normalized spacial score (nSPS) is 12.3. The molecular weight excluding hydrogens is 388 g/mol. The summed E-state index contributed by atoms with van der Waals surface area (Å²) in [6.07, 6.45) is 2.53. The average Bonchev–Trinajstić information content (AvgIpc) is 3.22. The van der Waals surface area contributed by atoms with E-state index in [4.69, 9.17) is 9.15 Å². The van der Waals surface area contributed by atoms with Gasteiger partial charge in [0.2, 0.25) is 0 Å². The zero-order valence-electron chi connectivity index (χ0n) is 13.7. The molecule has 0 aromatic carbocycles. The van der Waals surface area contributed by atoms with Gasteiger partial charge in [0, 0.05) is 19.0 Å². The minimum Gasteiger partial charge on any atom is -0.450 e. The highest BCUT2D eigenvalue weighted by molar-refractivity contribution is 9.10. The Bertz CT molecular complexity index is 803. The molecule has 1 atom stereocenters. The number of aromatic nitrogens is 3. The van der Waals surface area contributed by atoms with Crippen molar-refractivity contribution in [2.45, 2.75) is 19.7 Å². The van der Waals surface area contributed by atoms with E-state index in [-0.39, 0.29) is 0 Å². The van der Waals surface area contributed by atoms with Gasteiger partial charge < -0.3 is 19.6 Å². The van der Waals surface area contributed by atoms with Crippen LogP contribution in [0, 0.1) is 0 Å². The number of hydrogen-bond donors (Lipinski definition) is 2. The van der Waals surface area contributed by atoms with E-state index in [2.05, 4.69) is 31.3 Å². The quantitative estimate of drug-likeness (QED) is 0.440. The number of hydrogen-bond acceptors (Lipinski definition) is 6. The van der Waals surface area contributed by atoms with Crippen molar-refractivity contribution in [3.05, 3.63) is 53.2 Å². The maximum absolute atomic E-state index is 10.4. The smallest absolute Gasteiger partial charge is 0.184 e. The summed E-state index contributed by atoms with van der Waals surface area (Å²) in [6.45, 7) is 3.78. The molecular formula is C17H19BrN4O3. The summed E-state index contributed by atoms with van der Waals surface area (Å²) in [5, 5.41) is 18.0. The summed E-state index contributed by atoms with van der Waals surface area (Å²) in [5.41, 5.74) is 2.03. The van der Waals surface area contributed by atoms with Crippen LogP contribution in [-0.2, 0) is 11.3 Å². The molecule has 0 aliphatic heterocycles. The highest BCUT2D eigenvalue weighted by Crippen LogP contribution is 2.28. The van der Waals surface area contributed by atoms with Crippen molar-refractivity contribution < 1.29 is 14.3 Å². The van der Waals surface area contributed by atoms with Crippen molar-refractivity contribution in [2.24, 2.45) is 0 Å². The van der Waals surface area contributed by atoms with Gasteiger partial charge in [-0.2, -0.15) is 5.10 Å². The molecule has 0 saturated heterocycles. The van der Waals surface area contributed by atoms with Crippen molar-refractivity contribution in [3.63, 3.8) is 0 Å². The van der Waals surface area contributed by atoms with Crippen molar-refractivity contribution in [1.82, 2.24) is 14.8 Å². The van der Waals surface area contributed by atoms with Crippen molar-refractivity contribution in [2.75, 3.05) is 18.5 Å². The minimum absolute atomic E-state index is 0.404. The van der Waals surface area contributed by atoms with Crippen LogP contribution in [0.15, 0.2) is 51.8 Å². The Hall–Kier alpha value is -2.16. The molecule has 3 aromatic heterocycles. The Balaban J connectivity index is 1.85.